The van der Waals surface area contributed by atoms with E-state index in [9.17, 15) is 13.2 Å². The van der Waals surface area contributed by atoms with E-state index in [2.05, 4.69) is 14.7 Å². The third kappa shape index (κ3) is 4.75. The van der Waals surface area contributed by atoms with E-state index in [0.717, 1.165) is 23.1 Å². The molecule has 34 heavy (non-hydrogen) atoms. The van der Waals surface area contributed by atoms with Crippen molar-refractivity contribution in [3.8, 4) is 17.1 Å². The van der Waals surface area contributed by atoms with Crippen LogP contribution in [0.2, 0.25) is 0 Å². The Morgan fingerprint density at radius 3 is 2.50 bits per heavy atom. The van der Waals surface area contributed by atoms with Crippen LogP contribution in [0.3, 0.4) is 0 Å². The van der Waals surface area contributed by atoms with Crippen LogP contribution in [0.15, 0.2) is 53.4 Å². The molecule has 1 aliphatic rings. The summed E-state index contributed by atoms with van der Waals surface area (Å²) in [6, 6.07) is 13.6. The maximum Gasteiger partial charge on any atom is 0.264 e. The lowest BCUT2D eigenvalue weighted by Crippen LogP contribution is -2.41. The molecule has 1 N–H and O–H groups in total. The largest absolute Gasteiger partial charge is 0.476 e. The summed E-state index contributed by atoms with van der Waals surface area (Å²) < 4.78 is 34.7. The number of ether oxygens (including phenoxy) is 1. The van der Waals surface area contributed by atoms with Crippen LogP contribution in [0.25, 0.3) is 11.3 Å². The molecule has 0 fully saturated rings. The Bertz CT molecular complexity index is 1320. The van der Waals surface area contributed by atoms with Crippen molar-refractivity contribution in [2.75, 3.05) is 17.9 Å². The number of anilines is 1. The number of carbonyl (C=O) groups is 1. The number of nitrogens with one attached hydrogen (secondary N) is 1. The van der Waals surface area contributed by atoms with Gasteiger partial charge in [0.05, 0.1) is 17.1 Å². The normalized spacial score (nSPS) is 16.4. The smallest absolute Gasteiger partial charge is 0.264 e. The van der Waals surface area contributed by atoms with E-state index < -0.39 is 10.0 Å². The van der Waals surface area contributed by atoms with Crippen LogP contribution in [0, 0.1) is 13.8 Å². The van der Waals surface area contributed by atoms with E-state index in [0.29, 0.717) is 17.8 Å². The molecular weight excluding hydrogens is 452 g/mol. The van der Waals surface area contributed by atoms with Gasteiger partial charge < -0.3 is 9.64 Å². The predicted octanol–water partition coefficient (Wildman–Crippen LogP) is 4.19. The lowest BCUT2D eigenvalue weighted by molar-refractivity contribution is 0.0653. The molecule has 4 bridgehead atoms. The van der Waals surface area contributed by atoms with Crippen molar-refractivity contribution in [1.82, 2.24) is 14.9 Å². The molecule has 0 spiro atoms. The van der Waals surface area contributed by atoms with Gasteiger partial charge in [-0.15, -0.1) is 0 Å². The second-order valence-corrected chi connectivity index (χ2v) is 10.1. The number of aromatic nitrogens is 2. The van der Waals surface area contributed by atoms with Gasteiger partial charge in [-0.1, -0.05) is 31.2 Å². The van der Waals surface area contributed by atoms with Crippen molar-refractivity contribution in [3.05, 3.63) is 65.2 Å². The Kier molecular flexibility index (Phi) is 6.56. The first-order chi connectivity index (χ1) is 16.2. The monoisotopic (exact) mass is 480 g/mol. The Labute approximate surface area is 200 Å². The number of rotatable bonds is 3. The molecule has 9 heteroatoms. The molecule has 4 rings (SSSR count). The minimum Gasteiger partial charge on any atom is -0.476 e. The Morgan fingerprint density at radius 2 is 1.79 bits per heavy atom. The van der Waals surface area contributed by atoms with Gasteiger partial charge in [0.15, 0.2) is 0 Å². The van der Waals surface area contributed by atoms with Crippen molar-refractivity contribution in [1.29, 1.82) is 0 Å². The van der Waals surface area contributed by atoms with Crippen LogP contribution >= 0.6 is 0 Å². The van der Waals surface area contributed by atoms with Gasteiger partial charge in [0.25, 0.3) is 15.9 Å². The zero-order valence-corrected chi connectivity index (χ0v) is 20.5. The quantitative estimate of drug-likeness (QED) is 0.603. The van der Waals surface area contributed by atoms with Crippen molar-refractivity contribution in [2.24, 2.45) is 0 Å². The molecule has 2 heterocycles. The van der Waals surface area contributed by atoms with Crippen molar-refractivity contribution in [2.45, 2.75) is 45.1 Å². The first-order valence-corrected chi connectivity index (χ1v) is 12.7. The number of sulfonamides is 1. The highest BCUT2D eigenvalue weighted by molar-refractivity contribution is 7.92. The molecule has 0 aliphatic carbocycles. The van der Waals surface area contributed by atoms with Crippen molar-refractivity contribution >= 4 is 21.9 Å². The van der Waals surface area contributed by atoms with Crippen LogP contribution < -0.4 is 9.46 Å². The first kappa shape index (κ1) is 23.7. The zero-order chi connectivity index (χ0) is 24.5. The molecule has 0 saturated carbocycles. The number of nitrogens with zero attached hydrogens (tertiary/aromatic N) is 3. The second-order valence-electron chi connectivity index (χ2n) is 8.42. The number of benzene rings is 2. The molecule has 8 nitrogen and oxygen atoms in total. The van der Waals surface area contributed by atoms with Gasteiger partial charge in [-0.3, -0.25) is 4.79 Å². The molecule has 178 valence electrons. The van der Waals surface area contributed by atoms with E-state index in [1.165, 1.54) is 12.1 Å². The summed E-state index contributed by atoms with van der Waals surface area (Å²) in [5, 5.41) is 0. The number of hydrogen-bond donors (Lipinski definition) is 1. The summed E-state index contributed by atoms with van der Waals surface area (Å²) in [5.41, 5.74) is 3.73. The fourth-order valence-corrected chi connectivity index (χ4v) is 5.01. The molecule has 1 aliphatic heterocycles. The Hall–Kier alpha value is -3.46. The summed E-state index contributed by atoms with van der Waals surface area (Å²) in [6.45, 7) is 8.43. The summed E-state index contributed by atoms with van der Waals surface area (Å²) >= 11 is 0. The van der Waals surface area contributed by atoms with E-state index in [1.807, 2.05) is 45.9 Å². The number of carbonyl (C=O) groups excluding carboxylic acids is 1. The Balaban J connectivity index is 1.86. The van der Waals surface area contributed by atoms with Gasteiger partial charge in [-0.25, -0.2) is 18.1 Å². The summed E-state index contributed by atoms with van der Waals surface area (Å²) in [6.07, 6.45) is 0.750. The second kappa shape index (κ2) is 9.42. The van der Waals surface area contributed by atoms with Gasteiger partial charge in [-0.2, -0.15) is 4.98 Å². The molecule has 1 aromatic heterocycles. The number of aryl methyl sites for hydroxylation is 2. The lowest BCUT2D eigenvalue weighted by atomic mass is 10.00. The van der Waals surface area contributed by atoms with E-state index >= 15 is 0 Å². The van der Waals surface area contributed by atoms with Gasteiger partial charge >= 0.3 is 0 Å². The van der Waals surface area contributed by atoms with Crippen LogP contribution in [0.1, 0.15) is 41.8 Å². The van der Waals surface area contributed by atoms with Gasteiger partial charge in [-0.05, 0) is 56.5 Å². The molecule has 3 aromatic rings. The fourth-order valence-electron chi connectivity index (χ4n) is 4.02. The van der Waals surface area contributed by atoms with Gasteiger partial charge in [0.1, 0.15) is 6.61 Å². The first-order valence-electron chi connectivity index (χ1n) is 11.2. The highest BCUT2D eigenvalue weighted by atomic mass is 32.2. The number of fused-ring (bicyclic) bond motifs is 4. The van der Waals surface area contributed by atoms with Gasteiger partial charge in [0, 0.05) is 23.2 Å². The number of hydrogen-bond acceptors (Lipinski definition) is 6. The van der Waals surface area contributed by atoms with E-state index in [4.69, 9.17) is 4.74 Å². The highest BCUT2D eigenvalue weighted by Gasteiger charge is 2.25. The average Bonchev–Trinajstić information content (AvgIpc) is 2.80. The van der Waals surface area contributed by atoms with Gasteiger partial charge in [0.2, 0.25) is 11.8 Å². The highest BCUT2D eigenvalue weighted by Crippen LogP contribution is 2.29. The third-order valence-electron chi connectivity index (χ3n) is 6.02. The average molecular weight is 481 g/mol. The SMILES string of the molecule is CCC(C)N1CCOc2cc(-c3c(C)cccc3C)nc(n2)NS(=O)(=O)c2cccc(c2)C1=O. The Morgan fingerprint density at radius 1 is 1.09 bits per heavy atom. The summed E-state index contributed by atoms with van der Waals surface area (Å²) in [4.78, 5) is 23.7. The van der Waals surface area contributed by atoms with Crippen molar-refractivity contribution in [3.63, 3.8) is 0 Å². The molecule has 1 amide bonds. The molecule has 0 saturated heterocycles. The molecule has 2 aromatic carbocycles. The minimum atomic E-state index is -4.05. The predicted molar refractivity (Wildman–Crippen MR) is 130 cm³/mol. The van der Waals surface area contributed by atoms with Crippen LogP contribution in [-0.2, 0) is 10.0 Å². The minimum absolute atomic E-state index is 0.0368. The van der Waals surface area contributed by atoms with Crippen LogP contribution in [-0.4, -0.2) is 48.4 Å². The molecular formula is C25H28N4O4S. The molecule has 1 unspecified atom stereocenters. The standard InChI is InChI=1S/C25H28N4O4S/c1-5-18(4)29-12-13-33-22-15-21(23-16(2)8-6-9-17(23)3)26-25(27-22)28-34(31,32)20-11-7-10-19(14-20)24(29)30/h6-11,14-15,18H,5,12-13H2,1-4H3,(H,26,27,28). The topological polar surface area (TPSA) is 101 Å². The molecule has 0 radical (unpaired) electrons. The summed E-state index contributed by atoms with van der Waals surface area (Å²) in [5.74, 6) is -0.110. The maximum absolute atomic E-state index is 13.3. The maximum atomic E-state index is 13.3. The van der Waals surface area contributed by atoms with E-state index in [1.54, 1.807) is 23.1 Å². The van der Waals surface area contributed by atoms with Crippen molar-refractivity contribution < 1.29 is 17.9 Å². The van der Waals surface area contributed by atoms with E-state index in [-0.39, 0.29) is 35.3 Å². The van der Waals surface area contributed by atoms with Crippen LogP contribution in [0.5, 0.6) is 5.88 Å². The third-order valence-corrected chi connectivity index (χ3v) is 7.35. The summed E-state index contributed by atoms with van der Waals surface area (Å²) in [7, 11) is -4.05. The lowest BCUT2D eigenvalue weighted by Gasteiger charge is -2.28. The molecule has 1 atom stereocenters. The fraction of sp³-hybridized carbons (Fsp3) is 0.320. The number of amides is 1. The van der Waals surface area contributed by atoms with Crippen LogP contribution in [0.4, 0.5) is 5.95 Å². The zero-order valence-electron chi connectivity index (χ0n) is 19.7.